The average molecular weight is 324 g/mol. The van der Waals surface area contributed by atoms with Crippen LogP contribution in [0.15, 0.2) is 48.5 Å². The first-order chi connectivity index (χ1) is 11.2. The van der Waals surface area contributed by atoms with Crippen LogP contribution in [0.1, 0.15) is 17.0 Å². The number of aryl methyl sites for hydroxylation is 1. The molecule has 23 heavy (non-hydrogen) atoms. The summed E-state index contributed by atoms with van der Waals surface area (Å²) >= 11 is 1.34. The van der Waals surface area contributed by atoms with E-state index >= 15 is 0 Å². The molecule has 0 N–H and O–H groups in total. The number of hydrogen-bond donors (Lipinski definition) is 0. The van der Waals surface area contributed by atoms with E-state index in [-0.39, 0.29) is 5.82 Å². The van der Waals surface area contributed by atoms with Gasteiger partial charge in [-0.25, -0.2) is 4.39 Å². The van der Waals surface area contributed by atoms with E-state index in [0.29, 0.717) is 22.0 Å². The summed E-state index contributed by atoms with van der Waals surface area (Å²) in [4.78, 5) is 0.673. The highest BCUT2D eigenvalue weighted by Crippen LogP contribution is 2.27. The van der Waals surface area contributed by atoms with E-state index in [1.807, 2.05) is 12.1 Å². The van der Waals surface area contributed by atoms with Gasteiger partial charge in [0.2, 0.25) is 4.96 Å². The topological polar surface area (TPSA) is 43.1 Å². The van der Waals surface area contributed by atoms with Crippen molar-refractivity contribution in [2.45, 2.75) is 13.3 Å². The van der Waals surface area contributed by atoms with E-state index in [1.54, 1.807) is 22.7 Å². The van der Waals surface area contributed by atoms with Crippen LogP contribution in [0, 0.1) is 12.7 Å². The molecular formula is C17H13FN4S. The van der Waals surface area contributed by atoms with Crippen LogP contribution >= 0.6 is 11.3 Å². The van der Waals surface area contributed by atoms with E-state index in [0.717, 1.165) is 5.82 Å². The number of hydrogen-bond acceptors (Lipinski definition) is 4. The van der Waals surface area contributed by atoms with Crippen LogP contribution in [-0.2, 0) is 6.42 Å². The molecule has 4 aromatic rings. The van der Waals surface area contributed by atoms with Gasteiger partial charge in [0, 0.05) is 12.0 Å². The van der Waals surface area contributed by atoms with Crippen LogP contribution in [0.25, 0.3) is 15.5 Å². The van der Waals surface area contributed by atoms with Crippen LogP contribution in [0.5, 0.6) is 0 Å². The maximum Gasteiger partial charge on any atom is 0.234 e. The van der Waals surface area contributed by atoms with E-state index in [2.05, 4.69) is 34.4 Å². The Balaban J connectivity index is 1.76. The van der Waals surface area contributed by atoms with Crippen LogP contribution in [0.4, 0.5) is 4.39 Å². The molecule has 0 fully saturated rings. The zero-order chi connectivity index (χ0) is 15.8. The second-order valence-electron chi connectivity index (χ2n) is 5.30. The average Bonchev–Trinajstić information content (AvgIpc) is 3.12. The second kappa shape index (κ2) is 5.55. The quantitative estimate of drug-likeness (QED) is 0.574. The molecule has 0 bridgehead atoms. The van der Waals surface area contributed by atoms with Gasteiger partial charge in [0.1, 0.15) is 5.82 Å². The third-order valence-electron chi connectivity index (χ3n) is 3.77. The standard InChI is InChI=1S/C17H13FN4S/c1-11-6-2-3-7-12(11)10-15-19-20-17-22(15)21-16(23-17)13-8-4-5-9-14(13)18/h2-9H,10H2,1H3. The summed E-state index contributed by atoms with van der Waals surface area (Å²) in [6, 6.07) is 14.8. The molecule has 0 saturated heterocycles. The predicted molar refractivity (Wildman–Crippen MR) is 88.0 cm³/mol. The molecule has 4 rings (SSSR count). The summed E-state index contributed by atoms with van der Waals surface area (Å²) in [6.07, 6.45) is 0.647. The Kier molecular flexibility index (Phi) is 3.38. The summed E-state index contributed by atoms with van der Waals surface area (Å²) in [5, 5.41) is 13.5. The smallest absolute Gasteiger partial charge is 0.206 e. The first-order valence-corrected chi connectivity index (χ1v) is 8.04. The minimum Gasteiger partial charge on any atom is -0.206 e. The molecule has 6 heteroatoms. The molecule has 0 amide bonds. The van der Waals surface area contributed by atoms with Crippen molar-refractivity contribution < 1.29 is 4.39 Å². The zero-order valence-electron chi connectivity index (χ0n) is 12.4. The number of fused-ring (bicyclic) bond motifs is 1. The van der Waals surface area contributed by atoms with Crippen LogP contribution in [0.3, 0.4) is 0 Å². The Morgan fingerprint density at radius 3 is 2.65 bits per heavy atom. The summed E-state index contributed by atoms with van der Waals surface area (Å²) in [7, 11) is 0. The highest BCUT2D eigenvalue weighted by molar-refractivity contribution is 7.19. The Morgan fingerprint density at radius 1 is 1.04 bits per heavy atom. The van der Waals surface area contributed by atoms with Crippen LogP contribution in [-0.4, -0.2) is 19.8 Å². The lowest BCUT2D eigenvalue weighted by molar-refractivity contribution is 0.630. The Morgan fingerprint density at radius 2 is 1.83 bits per heavy atom. The molecule has 0 aliphatic heterocycles. The molecule has 114 valence electrons. The number of halogens is 1. The highest BCUT2D eigenvalue weighted by atomic mass is 32.1. The maximum atomic E-state index is 13.9. The van der Waals surface area contributed by atoms with Crippen molar-refractivity contribution in [2.24, 2.45) is 0 Å². The van der Waals surface area contributed by atoms with Crippen molar-refractivity contribution in [3.8, 4) is 10.6 Å². The van der Waals surface area contributed by atoms with Gasteiger partial charge < -0.3 is 0 Å². The number of rotatable bonds is 3. The van der Waals surface area contributed by atoms with Gasteiger partial charge in [0.15, 0.2) is 10.8 Å². The molecule has 4 nitrogen and oxygen atoms in total. The number of benzene rings is 2. The third-order valence-corrected chi connectivity index (χ3v) is 4.70. The molecule has 2 heterocycles. The lowest BCUT2D eigenvalue weighted by Crippen LogP contribution is -1.99. The third kappa shape index (κ3) is 2.51. The largest absolute Gasteiger partial charge is 0.234 e. The molecule has 2 aromatic carbocycles. The zero-order valence-corrected chi connectivity index (χ0v) is 13.2. The lowest BCUT2D eigenvalue weighted by atomic mass is 10.1. The Labute approximate surface area is 136 Å². The van der Waals surface area contributed by atoms with Gasteiger partial charge in [-0.05, 0) is 30.2 Å². The number of nitrogens with zero attached hydrogens (tertiary/aromatic N) is 4. The molecule has 0 aliphatic carbocycles. The minimum absolute atomic E-state index is 0.280. The monoisotopic (exact) mass is 324 g/mol. The van der Waals surface area contributed by atoms with Gasteiger partial charge in [0.25, 0.3) is 0 Å². The summed E-state index contributed by atoms with van der Waals surface area (Å²) < 4.78 is 15.6. The molecule has 2 aromatic heterocycles. The van der Waals surface area contributed by atoms with E-state index in [1.165, 1.54) is 28.5 Å². The van der Waals surface area contributed by atoms with Gasteiger partial charge in [0.05, 0.1) is 0 Å². The Hall–Kier alpha value is -2.60. The van der Waals surface area contributed by atoms with Gasteiger partial charge in [-0.1, -0.05) is 47.7 Å². The van der Waals surface area contributed by atoms with Gasteiger partial charge in [-0.15, -0.1) is 10.2 Å². The van der Waals surface area contributed by atoms with Gasteiger partial charge in [-0.2, -0.15) is 9.61 Å². The summed E-state index contributed by atoms with van der Waals surface area (Å²) in [5.41, 5.74) is 2.88. The second-order valence-corrected chi connectivity index (χ2v) is 6.26. The molecule has 0 aliphatic rings. The van der Waals surface area contributed by atoms with Crippen molar-refractivity contribution >= 4 is 16.3 Å². The first kappa shape index (κ1) is 14.0. The normalized spacial score (nSPS) is 11.2. The summed E-state index contributed by atoms with van der Waals surface area (Å²) in [5.74, 6) is 0.478. The lowest BCUT2D eigenvalue weighted by Gasteiger charge is -2.02. The molecule has 0 atom stereocenters. The fraction of sp³-hybridized carbons (Fsp3) is 0.118. The van der Waals surface area contributed by atoms with E-state index < -0.39 is 0 Å². The van der Waals surface area contributed by atoms with Crippen LogP contribution in [0.2, 0.25) is 0 Å². The predicted octanol–water partition coefficient (Wildman–Crippen LogP) is 3.89. The van der Waals surface area contributed by atoms with Crippen LogP contribution < -0.4 is 0 Å². The SMILES string of the molecule is Cc1ccccc1Cc1nnc2sc(-c3ccccc3F)nn12. The van der Waals surface area contributed by atoms with Crippen molar-refractivity contribution in [2.75, 3.05) is 0 Å². The highest BCUT2D eigenvalue weighted by Gasteiger charge is 2.15. The van der Waals surface area contributed by atoms with Crippen molar-refractivity contribution in [1.29, 1.82) is 0 Å². The van der Waals surface area contributed by atoms with Crippen molar-refractivity contribution in [3.63, 3.8) is 0 Å². The van der Waals surface area contributed by atoms with Gasteiger partial charge >= 0.3 is 0 Å². The molecule has 0 spiro atoms. The van der Waals surface area contributed by atoms with E-state index in [4.69, 9.17) is 0 Å². The van der Waals surface area contributed by atoms with E-state index in [9.17, 15) is 4.39 Å². The molecule has 0 unspecified atom stereocenters. The maximum absolute atomic E-state index is 13.9. The van der Waals surface area contributed by atoms with Crippen molar-refractivity contribution in [1.82, 2.24) is 19.8 Å². The fourth-order valence-corrected chi connectivity index (χ4v) is 3.38. The molecular weight excluding hydrogens is 311 g/mol. The minimum atomic E-state index is -0.280. The Bertz CT molecular complexity index is 989. The molecule has 0 radical (unpaired) electrons. The summed E-state index contributed by atoms with van der Waals surface area (Å²) in [6.45, 7) is 2.07. The molecule has 0 saturated carbocycles. The van der Waals surface area contributed by atoms with Crippen molar-refractivity contribution in [3.05, 3.63) is 71.3 Å². The first-order valence-electron chi connectivity index (χ1n) is 7.23. The fourth-order valence-electron chi connectivity index (χ4n) is 2.49. The van der Waals surface area contributed by atoms with Gasteiger partial charge in [-0.3, -0.25) is 0 Å². The number of aromatic nitrogens is 4.